The fraction of sp³-hybridized carbons (Fsp3) is 0.500. The molecule has 0 aliphatic rings. The third-order valence-corrected chi connectivity index (χ3v) is 2.72. The summed E-state index contributed by atoms with van der Waals surface area (Å²) in [4.78, 5) is 0. The second-order valence-electron chi connectivity index (χ2n) is 4.92. The van der Waals surface area contributed by atoms with Crippen LogP contribution in [0.3, 0.4) is 0 Å². The highest BCUT2D eigenvalue weighted by molar-refractivity contribution is 5.36. The van der Waals surface area contributed by atoms with Crippen molar-refractivity contribution in [3.63, 3.8) is 0 Å². The van der Waals surface area contributed by atoms with E-state index in [1.807, 2.05) is 0 Å². The predicted octanol–water partition coefficient (Wildman–Crippen LogP) is 3.61. The zero-order chi connectivity index (χ0) is 11.5. The Morgan fingerprint density at radius 2 is 1.87 bits per heavy atom. The lowest BCUT2D eigenvalue weighted by molar-refractivity contribution is 0.589. The minimum atomic E-state index is 0.163. The minimum absolute atomic E-state index is 0.163. The van der Waals surface area contributed by atoms with Crippen molar-refractivity contribution in [2.75, 3.05) is 0 Å². The van der Waals surface area contributed by atoms with Crippen molar-refractivity contribution in [1.29, 1.82) is 5.26 Å². The van der Waals surface area contributed by atoms with Gasteiger partial charge in [0.25, 0.3) is 0 Å². The summed E-state index contributed by atoms with van der Waals surface area (Å²) >= 11 is 0. The lowest BCUT2D eigenvalue weighted by Crippen LogP contribution is -2.12. The summed E-state index contributed by atoms with van der Waals surface area (Å²) in [6.45, 7) is 8.73. The average molecular weight is 201 g/mol. The third-order valence-electron chi connectivity index (χ3n) is 2.72. The number of aryl methyl sites for hydroxylation is 1. The molecule has 0 bridgehead atoms. The number of nitrogens with zero attached hydrogens (tertiary/aromatic N) is 1. The maximum atomic E-state index is 8.78. The van der Waals surface area contributed by atoms with Crippen molar-refractivity contribution < 1.29 is 0 Å². The Morgan fingerprint density at radius 3 is 2.33 bits per heavy atom. The van der Waals surface area contributed by atoms with Gasteiger partial charge in [-0.2, -0.15) is 5.26 Å². The largest absolute Gasteiger partial charge is 0.198 e. The number of hydrogen-bond acceptors (Lipinski definition) is 1. The summed E-state index contributed by atoms with van der Waals surface area (Å²) in [6.07, 6.45) is 1.52. The number of hydrogen-bond donors (Lipinski definition) is 0. The Hall–Kier alpha value is -1.29. The van der Waals surface area contributed by atoms with Gasteiger partial charge in [-0.05, 0) is 28.5 Å². The van der Waals surface area contributed by atoms with Crippen LogP contribution in [0.4, 0.5) is 0 Å². The lowest BCUT2D eigenvalue weighted by Gasteiger charge is -2.20. The highest BCUT2D eigenvalue weighted by atomic mass is 14.2. The summed E-state index contributed by atoms with van der Waals surface area (Å²) in [5, 5.41) is 8.78. The van der Waals surface area contributed by atoms with E-state index in [0.29, 0.717) is 6.42 Å². The van der Waals surface area contributed by atoms with E-state index >= 15 is 0 Å². The van der Waals surface area contributed by atoms with Crippen LogP contribution in [0.2, 0.25) is 0 Å². The van der Waals surface area contributed by atoms with Gasteiger partial charge in [0.05, 0.1) is 12.5 Å². The Bertz CT molecular complexity index is 377. The fourth-order valence-electron chi connectivity index (χ4n) is 1.69. The van der Waals surface area contributed by atoms with Gasteiger partial charge in [0.15, 0.2) is 0 Å². The molecule has 0 fully saturated rings. The van der Waals surface area contributed by atoms with Gasteiger partial charge in [0.1, 0.15) is 0 Å². The van der Waals surface area contributed by atoms with Crippen molar-refractivity contribution in [1.82, 2.24) is 0 Å². The second-order valence-corrected chi connectivity index (χ2v) is 4.92. The van der Waals surface area contributed by atoms with E-state index in [4.69, 9.17) is 5.26 Å². The molecule has 15 heavy (non-hydrogen) atoms. The highest BCUT2D eigenvalue weighted by Crippen LogP contribution is 2.25. The Morgan fingerprint density at radius 1 is 1.20 bits per heavy atom. The van der Waals surface area contributed by atoms with Crippen LogP contribution in [0.25, 0.3) is 0 Å². The molecule has 0 amide bonds. The summed E-state index contributed by atoms with van der Waals surface area (Å²) in [5.74, 6) is 0. The van der Waals surface area contributed by atoms with Gasteiger partial charge in [-0.25, -0.2) is 0 Å². The van der Waals surface area contributed by atoms with E-state index in [-0.39, 0.29) is 5.41 Å². The molecule has 0 aliphatic heterocycles. The molecule has 1 aromatic rings. The molecule has 0 radical (unpaired) electrons. The van der Waals surface area contributed by atoms with Gasteiger partial charge in [0.2, 0.25) is 0 Å². The summed E-state index contributed by atoms with van der Waals surface area (Å²) < 4.78 is 0. The third kappa shape index (κ3) is 2.83. The molecule has 1 rings (SSSR count). The molecule has 1 nitrogen and oxygen atoms in total. The van der Waals surface area contributed by atoms with Gasteiger partial charge < -0.3 is 0 Å². The number of nitriles is 1. The predicted molar refractivity (Wildman–Crippen MR) is 63.8 cm³/mol. The topological polar surface area (TPSA) is 23.8 Å². The first-order chi connectivity index (χ1) is 6.99. The summed E-state index contributed by atoms with van der Waals surface area (Å²) in [7, 11) is 0. The SMILES string of the molecule is CCc1ccc(C(C)(C)C)cc1CC#N. The molecule has 1 aromatic carbocycles. The molecule has 0 atom stereocenters. The van der Waals surface area contributed by atoms with E-state index < -0.39 is 0 Å². The van der Waals surface area contributed by atoms with Crippen LogP contribution >= 0.6 is 0 Å². The normalized spacial score (nSPS) is 11.1. The van der Waals surface area contributed by atoms with Crippen molar-refractivity contribution in [2.24, 2.45) is 0 Å². The molecular formula is C14H19N. The first kappa shape index (κ1) is 11.8. The maximum Gasteiger partial charge on any atom is 0.0669 e. The Balaban J connectivity index is 3.17. The molecule has 0 spiro atoms. The van der Waals surface area contributed by atoms with Crippen LogP contribution < -0.4 is 0 Å². The smallest absolute Gasteiger partial charge is 0.0669 e. The molecule has 1 heteroatoms. The van der Waals surface area contributed by atoms with Crippen LogP contribution in [0, 0.1) is 11.3 Å². The zero-order valence-corrected chi connectivity index (χ0v) is 10.1. The standard InChI is InChI=1S/C14H19N/c1-5-11-6-7-13(14(2,3)4)10-12(11)8-9-15/h6-7,10H,5,8H2,1-4H3. The van der Waals surface area contributed by atoms with Crippen LogP contribution in [0.5, 0.6) is 0 Å². The van der Waals surface area contributed by atoms with Gasteiger partial charge in [-0.1, -0.05) is 45.9 Å². The van der Waals surface area contributed by atoms with Gasteiger partial charge >= 0.3 is 0 Å². The average Bonchev–Trinajstić information content (AvgIpc) is 2.17. The molecule has 0 unspecified atom stereocenters. The highest BCUT2D eigenvalue weighted by Gasteiger charge is 2.14. The number of rotatable bonds is 2. The van der Waals surface area contributed by atoms with E-state index in [0.717, 1.165) is 6.42 Å². The van der Waals surface area contributed by atoms with Crippen LogP contribution in [0.15, 0.2) is 18.2 Å². The molecule has 0 aliphatic carbocycles. The van der Waals surface area contributed by atoms with E-state index in [2.05, 4.69) is 52.0 Å². The first-order valence-electron chi connectivity index (χ1n) is 5.48. The molecule has 0 N–H and O–H groups in total. The fourth-order valence-corrected chi connectivity index (χ4v) is 1.69. The Labute approximate surface area is 92.7 Å². The molecular weight excluding hydrogens is 182 g/mol. The first-order valence-corrected chi connectivity index (χ1v) is 5.48. The van der Waals surface area contributed by atoms with Crippen molar-refractivity contribution in [3.05, 3.63) is 34.9 Å². The molecule has 80 valence electrons. The van der Waals surface area contributed by atoms with Gasteiger partial charge in [-0.15, -0.1) is 0 Å². The van der Waals surface area contributed by atoms with Crippen LogP contribution in [0.1, 0.15) is 44.4 Å². The van der Waals surface area contributed by atoms with Crippen molar-refractivity contribution in [2.45, 2.75) is 46.0 Å². The summed E-state index contributed by atoms with van der Waals surface area (Å²) in [5.41, 5.74) is 3.96. The van der Waals surface area contributed by atoms with Gasteiger partial charge in [0, 0.05) is 0 Å². The minimum Gasteiger partial charge on any atom is -0.198 e. The van der Waals surface area contributed by atoms with Crippen molar-refractivity contribution in [3.8, 4) is 6.07 Å². The number of benzene rings is 1. The van der Waals surface area contributed by atoms with Crippen LogP contribution in [-0.2, 0) is 18.3 Å². The van der Waals surface area contributed by atoms with Crippen LogP contribution in [-0.4, -0.2) is 0 Å². The van der Waals surface area contributed by atoms with E-state index in [1.165, 1.54) is 16.7 Å². The quantitative estimate of drug-likeness (QED) is 0.717. The zero-order valence-electron chi connectivity index (χ0n) is 10.1. The lowest BCUT2D eigenvalue weighted by atomic mass is 9.84. The molecule has 0 heterocycles. The monoisotopic (exact) mass is 201 g/mol. The second kappa shape index (κ2) is 4.49. The Kier molecular flexibility index (Phi) is 3.52. The summed E-state index contributed by atoms with van der Waals surface area (Å²) in [6, 6.07) is 8.76. The van der Waals surface area contributed by atoms with Crippen molar-refractivity contribution >= 4 is 0 Å². The molecule has 0 saturated heterocycles. The van der Waals surface area contributed by atoms with E-state index in [9.17, 15) is 0 Å². The molecule has 0 aromatic heterocycles. The maximum absolute atomic E-state index is 8.78. The molecule has 0 saturated carbocycles. The van der Waals surface area contributed by atoms with Gasteiger partial charge in [-0.3, -0.25) is 0 Å². The van der Waals surface area contributed by atoms with E-state index in [1.54, 1.807) is 0 Å².